The van der Waals surface area contributed by atoms with E-state index >= 15 is 0 Å². The van der Waals surface area contributed by atoms with Crippen molar-refractivity contribution in [3.05, 3.63) is 24.3 Å². The van der Waals surface area contributed by atoms with Crippen LogP contribution in [0.4, 0.5) is 0 Å². The zero-order valence-corrected chi connectivity index (χ0v) is 6.84. The van der Waals surface area contributed by atoms with Crippen molar-refractivity contribution >= 4 is 23.7 Å². The van der Waals surface area contributed by atoms with E-state index in [2.05, 4.69) is 19.7 Å². The van der Waals surface area contributed by atoms with Crippen molar-refractivity contribution in [3.8, 4) is 0 Å². The van der Waals surface area contributed by atoms with E-state index in [0.717, 1.165) is 0 Å². The number of nitrogens with zero attached hydrogens (tertiary/aromatic N) is 2. The molecule has 2 heterocycles. The molecule has 0 aromatic heterocycles. The molecule has 0 radical (unpaired) electrons. The van der Waals surface area contributed by atoms with E-state index in [1.807, 2.05) is 0 Å². The SMILES string of the molecule is O=C1C=C/C(=N/N=C2/C=CC(=O)O2)O1. The quantitative estimate of drug-likeness (QED) is 0.430. The second kappa shape index (κ2) is 3.25. The summed E-state index contributed by atoms with van der Waals surface area (Å²) in [6.07, 6.45) is 5.17. The van der Waals surface area contributed by atoms with Gasteiger partial charge in [-0.25, -0.2) is 9.59 Å². The maximum Gasteiger partial charge on any atom is 0.337 e. The van der Waals surface area contributed by atoms with Crippen LogP contribution < -0.4 is 0 Å². The highest BCUT2D eigenvalue weighted by molar-refractivity contribution is 6.09. The average molecular weight is 192 g/mol. The van der Waals surface area contributed by atoms with E-state index in [1.54, 1.807) is 0 Å². The number of hydrogen-bond donors (Lipinski definition) is 0. The molecule has 14 heavy (non-hydrogen) atoms. The lowest BCUT2D eigenvalue weighted by atomic mass is 10.5. The highest BCUT2D eigenvalue weighted by atomic mass is 16.6. The van der Waals surface area contributed by atoms with E-state index < -0.39 is 11.9 Å². The molecule has 0 aromatic carbocycles. The van der Waals surface area contributed by atoms with Crippen molar-refractivity contribution in [2.45, 2.75) is 0 Å². The van der Waals surface area contributed by atoms with Crippen LogP contribution in [0.25, 0.3) is 0 Å². The maximum absolute atomic E-state index is 10.6. The molecular formula is C8H4N2O4. The Hall–Kier alpha value is -2.24. The fraction of sp³-hybridized carbons (Fsp3) is 0. The van der Waals surface area contributed by atoms with Gasteiger partial charge in [0.15, 0.2) is 0 Å². The Labute approximate surface area is 78.2 Å². The summed E-state index contributed by atoms with van der Waals surface area (Å²) in [5.41, 5.74) is 0. The van der Waals surface area contributed by atoms with Crippen molar-refractivity contribution in [1.82, 2.24) is 0 Å². The summed E-state index contributed by atoms with van der Waals surface area (Å²) < 4.78 is 9.15. The van der Waals surface area contributed by atoms with Gasteiger partial charge in [-0.05, 0) is 0 Å². The lowest BCUT2D eigenvalue weighted by molar-refractivity contribution is -0.130. The molecule has 0 fully saturated rings. The molecule has 0 saturated carbocycles. The van der Waals surface area contributed by atoms with E-state index in [4.69, 9.17) is 0 Å². The number of cyclic esters (lactones) is 2. The van der Waals surface area contributed by atoms with E-state index in [1.165, 1.54) is 24.3 Å². The summed E-state index contributed by atoms with van der Waals surface area (Å²) in [5.74, 6) is -0.858. The first-order valence-electron chi connectivity index (χ1n) is 3.69. The third-order valence-electron chi connectivity index (χ3n) is 1.38. The Morgan fingerprint density at radius 1 is 0.786 bits per heavy atom. The standard InChI is InChI=1S/C8H4N2O4/c11-7-3-1-5(13-7)9-10-6-2-4-8(12)14-6/h1-4H/b9-5-,10-6-. The van der Waals surface area contributed by atoms with Crippen molar-refractivity contribution in [3.63, 3.8) is 0 Å². The zero-order valence-electron chi connectivity index (χ0n) is 6.84. The van der Waals surface area contributed by atoms with Crippen molar-refractivity contribution in [2.24, 2.45) is 10.2 Å². The number of rotatable bonds is 1. The molecule has 0 saturated heterocycles. The molecule has 0 amide bonds. The minimum Gasteiger partial charge on any atom is -0.403 e. The Bertz CT molecular complexity index is 377. The van der Waals surface area contributed by atoms with Crippen molar-refractivity contribution in [1.29, 1.82) is 0 Å². The molecule has 2 aliphatic heterocycles. The van der Waals surface area contributed by atoms with Gasteiger partial charge in [-0.2, -0.15) is 0 Å². The Morgan fingerprint density at radius 2 is 1.21 bits per heavy atom. The lowest BCUT2D eigenvalue weighted by Gasteiger charge is -1.92. The Balaban J connectivity index is 2.06. The number of carbonyl (C=O) groups excluding carboxylic acids is 2. The van der Waals surface area contributed by atoms with Gasteiger partial charge in [0.1, 0.15) is 0 Å². The molecule has 0 spiro atoms. The molecule has 0 aliphatic carbocycles. The van der Waals surface area contributed by atoms with Crippen LogP contribution in [0, 0.1) is 0 Å². The van der Waals surface area contributed by atoms with Crippen LogP contribution in [0.5, 0.6) is 0 Å². The average Bonchev–Trinajstić information content (AvgIpc) is 2.72. The van der Waals surface area contributed by atoms with Crippen LogP contribution in [0.3, 0.4) is 0 Å². The molecule has 0 N–H and O–H groups in total. The smallest absolute Gasteiger partial charge is 0.337 e. The number of esters is 2. The molecule has 70 valence electrons. The molecule has 0 aromatic rings. The first kappa shape index (κ1) is 8.36. The van der Waals surface area contributed by atoms with Crippen LogP contribution >= 0.6 is 0 Å². The van der Waals surface area contributed by atoms with Gasteiger partial charge in [0.25, 0.3) is 0 Å². The van der Waals surface area contributed by atoms with Gasteiger partial charge < -0.3 is 9.47 Å². The summed E-state index contributed by atoms with van der Waals surface area (Å²) in [4.78, 5) is 21.1. The summed E-state index contributed by atoms with van der Waals surface area (Å²) in [5, 5.41) is 7.07. The molecule has 0 atom stereocenters. The Kier molecular flexibility index (Phi) is 1.94. The van der Waals surface area contributed by atoms with E-state index in [9.17, 15) is 9.59 Å². The number of hydrogen-bond acceptors (Lipinski definition) is 6. The molecule has 0 bridgehead atoms. The van der Waals surface area contributed by atoms with Crippen LogP contribution in [0.15, 0.2) is 34.5 Å². The van der Waals surface area contributed by atoms with Crippen LogP contribution in [0.2, 0.25) is 0 Å². The summed E-state index contributed by atoms with van der Waals surface area (Å²) in [6.45, 7) is 0. The van der Waals surface area contributed by atoms with E-state index in [-0.39, 0.29) is 11.8 Å². The van der Waals surface area contributed by atoms with E-state index in [0.29, 0.717) is 0 Å². The topological polar surface area (TPSA) is 77.3 Å². The van der Waals surface area contributed by atoms with Crippen molar-refractivity contribution in [2.75, 3.05) is 0 Å². The predicted octanol–water partition coefficient (Wildman–Crippen LogP) is -0.0756. The second-order valence-electron chi connectivity index (χ2n) is 2.39. The first-order chi connectivity index (χ1) is 6.74. The number of ether oxygens (including phenoxy) is 2. The highest BCUT2D eigenvalue weighted by Gasteiger charge is 2.13. The normalized spacial score (nSPS) is 24.9. The lowest BCUT2D eigenvalue weighted by Crippen LogP contribution is -2.01. The van der Waals surface area contributed by atoms with Gasteiger partial charge in [0.05, 0.1) is 0 Å². The van der Waals surface area contributed by atoms with Gasteiger partial charge in [0, 0.05) is 24.3 Å². The third kappa shape index (κ3) is 1.74. The summed E-state index contributed by atoms with van der Waals surface area (Å²) in [7, 11) is 0. The first-order valence-corrected chi connectivity index (χ1v) is 3.69. The van der Waals surface area contributed by atoms with Gasteiger partial charge >= 0.3 is 11.9 Å². The molecule has 0 unspecified atom stereocenters. The fourth-order valence-electron chi connectivity index (χ4n) is 0.827. The predicted molar refractivity (Wildman–Crippen MR) is 45.3 cm³/mol. The van der Waals surface area contributed by atoms with Gasteiger partial charge in [-0.15, -0.1) is 10.2 Å². The second-order valence-corrected chi connectivity index (χ2v) is 2.39. The Morgan fingerprint density at radius 3 is 1.50 bits per heavy atom. The van der Waals surface area contributed by atoms with Gasteiger partial charge in [-0.3, -0.25) is 0 Å². The monoisotopic (exact) mass is 192 g/mol. The molecule has 2 aliphatic rings. The number of carbonyl (C=O) groups is 2. The fourth-order valence-corrected chi connectivity index (χ4v) is 0.827. The third-order valence-corrected chi connectivity index (χ3v) is 1.38. The molecule has 6 heteroatoms. The zero-order chi connectivity index (χ0) is 9.97. The van der Waals surface area contributed by atoms with Gasteiger partial charge in [0.2, 0.25) is 11.8 Å². The summed E-state index contributed by atoms with van der Waals surface area (Å²) in [6, 6.07) is 0. The summed E-state index contributed by atoms with van der Waals surface area (Å²) >= 11 is 0. The molecule has 2 rings (SSSR count). The largest absolute Gasteiger partial charge is 0.403 e. The van der Waals surface area contributed by atoms with Gasteiger partial charge in [-0.1, -0.05) is 0 Å². The maximum atomic E-state index is 10.6. The molecule has 6 nitrogen and oxygen atoms in total. The highest BCUT2D eigenvalue weighted by Crippen LogP contribution is 2.01. The van der Waals surface area contributed by atoms with Crippen LogP contribution in [0.1, 0.15) is 0 Å². The molecular weight excluding hydrogens is 188 g/mol. The van der Waals surface area contributed by atoms with Crippen molar-refractivity contribution < 1.29 is 19.1 Å². The van der Waals surface area contributed by atoms with Crippen LogP contribution in [-0.4, -0.2) is 23.7 Å². The van der Waals surface area contributed by atoms with Crippen LogP contribution in [-0.2, 0) is 19.1 Å². The minimum absolute atomic E-state index is 0.0684. The minimum atomic E-state index is -0.497.